The van der Waals surface area contributed by atoms with E-state index in [1.54, 1.807) is 0 Å². The average molecular weight is 294 g/mol. The largest absolute Gasteiger partial charge is 0.356 e. The van der Waals surface area contributed by atoms with E-state index < -0.39 is 0 Å². The van der Waals surface area contributed by atoms with Crippen molar-refractivity contribution in [3.8, 4) is 11.4 Å². The van der Waals surface area contributed by atoms with Crippen LogP contribution in [0.2, 0.25) is 0 Å². The van der Waals surface area contributed by atoms with Crippen LogP contribution in [0, 0.1) is 0 Å². The molecule has 0 amide bonds. The van der Waals surface area contributed by atoms with Gasteiger partial charge < -0.3 is 9.80 Å². The summed E-state index contributed by atoms with van der Waals surface area (Å²) in [6, 6.07) is 12.5. The Morgan fingerprint density at radius 2 is 1.18 bits per heavy atom. The Bertz CT molecular complexity index is 595. The summed E-state index contributed by atoms with van der Waals surface area (Å²) in [5.74, 6) is 3.04. The molecular weight excluding hydrogens is 272 g/mol. The molecule has 4 rings (SSSR count). The van der Waals surface area contributed by atoms with Gasteiger partial charge in [0.2, 0.25) is 0 Å². The normalized spacial score (nSPS) is 18.2. The minimum atomic E-state index is 0.854. The van der Waals surface area contributed by atoms with Gasteiger partial charge in [0.05, 0.1) is 0 Å². The molecule has 0 bridgehead atoms. The Kier molecular flexibility index (Phi) is 3.67. The Labute approximate surface area is 131 Å². The van der Waals surface area contributed by atoms with Crippen molar-refractivity contribution in [2.24, 2.45) is 0 Å². The molecular formula is C18H22N4. The Morgan fingerprint density at radius 3 is 1.68 bits per heavy atom. The van der Waals surface area contributed by atoms with E-state index >= 15 is 0 Å². The van der Waals surface area contributed by atoms with Crippen LogP contribution in [0.25, 0.3) is 11.4 Å². The molecule has 2 saturated heterocycles. The van der Waals surface area contributed by atoms with Gasteiger partial charge in [-0.1, -0.05) is 30.3 Å². The number of rotatable bonds is 3. The topological polar surface area (TPSA) is 32.3 Å². The molecule has 0 saturated carbocycles. The highest BCUT2D eigenvalue weighted by molar-refractivity contribution is 5.62. The van der Waals surface area contributed by atoms with Crippen molar-refractivity contribution >= 4 is 11.6 Å². The van der Waals surface area contributed by atoms with E-state index in [4.69, 9.17) is 9.97 Å². The number of anilines is 2. The third kappa shape index (κ3) is 2.65. The second kappa shape index (κ2) is 5.95. The third-order valence-electron chi connectivity index (χ3n) is 4.59. The van der Waals surface area contributed by atoms with Crippen LogP contribution in [-0.4, -0.2) is 36.1 Å². The SMILES string of the molecule is c1ccc(-c2nc(N3CCCC3)cc(N3CCCC3)n2)cc1. The van der Waals surface area contributed by atoms with Crippen molar-refractivity contribution < 1.29 is 0 Å². The van der Waals surface area contributed by atoms with Gasteiger partial charge in [0.1, 0.15) is 11.6 Å². The second-order valence-electron chi connectivity index (χ2n) is 6.16. The van der Waals surface area contributed by atoms with Gasteiger partial charge in [-0.3, -0.25) is 0 Å². The standard InChI is InChI=1S/C18H22N4/c1-2-8-15(9-3-1)18-19-16(21-10-4-5-11-21)14-17(20-18)22-12-6-7-13-22/h1-3,8-9,14H,4-7,10-13H2. The van der Waals surface area contributed by atoms with Gasteiger partial charge in [-0.15, -0.1) is 0 Å². The van der Waals surface area contributed by atoms with E-state index in [1.807, 2.05) is 6.07 Å². The van der Waals surface area contributed by atoms with Crippen LogP contribution in [0.1, 0.15) is 25.7 Å². The molecule has 2 fully saturated rings. The lowest BCUT2D eigenvalue weighted by Gasteiger charge is -2.22. The summed E-state index contributed by atoms with van der Waals surface area (Å²) in [6.45, 7) is 4.46. The average Bonchev–Trinajstić information content (AvgIpc) is 3.29. The molecule has 0 spiro atoms. The predicted molar refractivity (Wildman–Crippen MR) is 90.4 cm³/mol. The van der Waals surface area contributed by atoms with E-state index in [-0.39, 0.29) is 0 Å². The van der Waals surface area contributed by atoms with Crippen LogP contribution < -0.4 is 9.80 Å². The molecule has 22 heavy (non-hydrogen) atoms. The second-order valence-corrected chi connectivity index (χ2v) is 6.16. The number of hydrogen-bond donors (Lipinski definition) is 0. The lowest BCUT2D eigenvalue weighted by molar-refractivity contribution is 0.899. The first-order valence-electron chi connectivity index (χ1n) is 8.34. The van der Waals surface area contributed by atoms with Gasteiger partial charge >= 0.3 is 0 Å². The molecule has 4 heteroatoms. The zero-order chi connectivity index (χ0) is 14.8. The number of benzene rings is 1. The van der Waals surface area contributed by atoms with Crippen molar-refractivity contribution in [3.05, 3.63) is 36.4 Å². The molecule has 1 aromatic carbocycles. The molecule has 2 aromatic rings. The minimum absolute atomic E-state index is 0.854. The number of hydrogen-bond acceptors (Lipinski definition) is 4. The van der Waals surface area contributed by atoms with Crippen molar-refractivity contribution in [1.29, 1.82) is 0 Å². The van der Waals surface area contributed by atoms with E-state index in [9.17, 15) is 0 Å². The van der Waals surface area contributed by atoms with Crippen LogP contribution in [0.3, 0.4) is 0 Å². The van der Waals surface area contributed by atoms with Crippen LogP contribution in [-0.2, 0) is 0 Å². The van der Waals surface area contributed by atoms with E-state index in [1.165, 1.54) is 25.7 Å². The number of nitrogens with zero attached hydrogens (tertiary/aromatic N) is 4. The monoisotopic (exact) mass is 294 g/mol. The van der Waals surface area contributed by atoms with Crippen molar-refractivity contribution in [3.63, 3.8) is 0 Å². The summed E-state index contributed by atoms with van der Waals surface area (Å²) >= 11 is 0. The smallest absolute Gasteiger partial charge is 0.163 e. The molecule has 1 aromatic heterocycles. The van der Waals surface area contributed by atoms with Crippen LogP contribution >= 0.6 is 0 Å². The Morgan fingerprint density at radius 1 is 0.682 bits per heavy atom. The quantitative estimate of drug-likeness (QED) is 0.869. The summed E-state index contributed by atoms with van der Waals surface area (Å²) in [5.41, 5.74) is 1.10. The van der Waals surface area contributed by atoms with Crippen molar-refractivity contribution in [1.82, 2.24) is 9.97 Å². The molecule has 0 N–H and O–H groups in total. The van der Waals surface area contributed by atoms with E-state index in [2.05, 4.69) is 40.1 Å². The molecule has 3 heterocycles. The highest BCUT2D eigenvalue weighted by atomic mass is 15.2. The highest BCUT2D eigenvalue weighted by Crippen LogP contribution is 2.28. The molecule has 4 nitrogen and oxygen atoms in total. The summed E-state index contributed by atoms with van der Waals surface area (Å²) in [4.78, 5) is 14.5. The van der Waals surface area contributed by atoms with E-state index in [0.29, 0.717) is 0 Å². The molecule has 2 aliphatic rings. The first-order valence-corrected chi connectivity index (χ1v) is 8.34. The van der Waals surface area contributed by atoms with E-state index in [0.717, 1.165) is 49.2 Å². The van der Waals surface area contributed by atoms with Gasteiger partial charge in [-0.05, 0) is 25.7 Å². The van der Waals surface area contributed by atoms with Crippen LogP contribution in [0.15, 0.2) is 36.4 Å². The van der Waals surface area contributed by atoms with Gasteiger partial charge in [-0.25, -0.2) is 9.97 Å². The number of aromatic nitrogens is 2. The zero-order valence-electron chi connectivity index (χ0n) is 12.9. The first kappa shape index (κ1) is 13.6. The summed E-state index contributed by atoms with van der Waals surface area (Å²) in [7, 11) is 0. The lowest BCUT2D eigenvalue weighted by atomic mass is 10.2. The van der Waals surface area contributed by atoms with Crippen molar-refractivity contribution in [2.75, 3.05) is 36.0 Å². The van der Waals surface area contributed by atoms with Crippen LogP contribution in [0.5, 0.6) is 0 Å². The highest BCUT2D eigenvalue weighted by Gasteiger charge is 2.20. The summed E-state index contributed by atoms with van der Waals surface area (Å²) in [5, 5.41) is 0. The fourth-order valence-corrected chi connectivity index (χ4v) is 3.35. The Balaban J connectivity index is 1.76. The molecule has 2 aliphatic heterocycles. The predicted octanol–water partition coefficient (Wildman–Crippen LogP) is 3.34. The zero-order valence-corrected chi connectivity index (χ0v) is 12.9. The molecule has 114 valence electrons. The summed E-state index contributed by atoms with van der Waals surface area (Å²) < 4.78 is 0. The van der Waals surface area contributed by atoms with Gasteiger partial charge in [0, 0.05) is 37.8 Å². The fourth-order valence-electron chi connectivity index (χ4n) is 3.35. The van der Waals surface area contributed by atoms with Gasteiger partial charge in [-0.2, -0.15) is 0 Å². The molecule has 0 aliphatic carbocycles. The maximum absolute atomic E-state index is 4.85. The fraction of sp³-hybridized carbons (Fsp3) is 0.444. The molecule has 0 radical (unpaired) electrons. The maximum Gasteiger partial charge on any atom is 0.163 e. The lowest BCUT2D eigenvalue weighted by Crippen LogP contribution is -2.23. The third-order valence-corrected chi connectivity index (χ3v) is 4.59. The van der Waals surface area contributed by atoms with Gasteiger partial charge in [0.15, 0.2) is 5.82 Å². The first-order chi connectivity index (χ1) is 10.9. The summed E-state index contributed by atoms with van der Waals surface area (Å²) in [6.07, 6.45) is 5.07. The maximum atomic E-state index is 4.85. The van der Waals surface area contributed by atoms with Gasteiger partial charge in [0.25, 0.3) is 0 Å². The van der Waals surface area contributed by atoms with Crippen LogP contribution in [0.4, 0.5) is 11.6 Å². The van der Waals surface area contributed by atoms with Crippen molar-refractivity contribution in [2.45, 2.75) is 25.7 Å². The molecule has 0 unspecified atom stereocenters. The minimum Gasteiger partial charge on any atom is -0.356 e. The Hall–Kier alpha value is -2.10. The molecule has 0 atom stereocenters.